The molecule has 4 heteroatoms. The van der Waals surface area contributed by atoms with E-state index in [0.29, 0.717) is 0 Å². The van der Waals surface area contributed by atoms with Crippen molar-refractivity contribution in [2.24, 2.45) is 0 Å². The van der Waals surface area contributed by atoms with E-state index in [1.165, 1.54) is 89.0 Å². The fraction of sp³-hybridized carbons (Fsp3) is 0.111. The van der Waals surface area contributed by atoms with E-state index in [0.717, 1.165) is 68.2 Å². The van der Waals surface area contributed by atoms with E-state index >= 15 is 0 Å². The fourth-order valence-corrected chi connectivity index (χ4v) is 13.1. The Morgan fingerprint density at radius 1 is 0.165 bits per heavy atom. The molecule has 85 heavy (non-hydrogen) atoms. The second-order valence-corrected chi connectivity index (χ2v) is 23.7. The second kappa shape index (κ2) is 21.2. The Morgan fingerprint density at radius 2 is 0.294 bits per heavy atom. The van der Waals surface area contributed by atoms with Crippen molar-refractivity contribution in [1.29, 1.82) is 0 Å². The first-order valence-corrected chi connectivity index (χ1v) is 29.7. The summed E-state index contributed by atoms with van der Waals surface area (Å²) in [6.07, 6.45) is 0. The zero-order valence-electron chi connectivity index (χ0n) is 49.7. The minimum absolute atomic E-state index is 0.843. The maximum Gasteiger partial charge on any atom is 0.0728 e. The molecule has 0 unspecified atom stereocenters. The molecule has 0 N–H and O–H groups in total. The van der Waals surface area contributed by atoms with Gasteiger partial charge in [-0.3, -0.25) is 0 Å². The fourth-order valence-electron chi connectivity index (χ4n) is 13.1. The van der Waals surface area contributed by atoms with Crippen LogP contribution in [-0.4, -0.2) is 0 Å². The Balaban J connectivity index is 1.10. The van der Waals surface area contributed by atoms with E-state index in [-0.39, 0.29) is 0 Å². The van der Waals surface area contributed by atoms with E-state index in [9.17, 15) is 0 Å². The van der Waals surface area contributed by atoms with Gasteiger partial charge in [0.15, 0.2) is 0 Å². The first kappa shape index (κ1) is 52.9. The van der Waals surface area contributed by atoms with Crippen LogP contribution >= 0.6 is 0 Å². The largest absolute Gasteiger partial charge is 0.310 e. The summed E-state index contributed by atoms with van der Waals surface area (Å²) in [5.41, 5.74) is 31.9. The molecule has 2 aliphatic carbocycles. The Morgan fingerprint density at radius 3 is 0.435 bits per heavy atom. The third-order valence-electron chi connectivity index (χ3n) is 17.6. The van der Waals surface area contributed by atoms with Gasteiger partial charge in [-0.15, -0.1) is 0 Å². The van der Waals surface area contributed by atoms with Crippen LogP contribution in [0.5, 0.6) is 0 Å². The highest BCUT2D eigenvalue weighted by Gasteiger charge is 2.53. The van der Waals surface area contributed by atoms with Crippen LogP contribution in [0.3, 0.4) is 0 Å². The van der Waals surface area contributed by atoms with Crippen molar-refractivity contribution in [1.82, 2.24) is 0 Å². The van der Waals surface area contributed by atoms with Gasteiger partial charge in [-0.25, -0.2) is 0 Å². The van der Waals surface area contributed by atoms with E-state index in [1.807, 2.05) is 0 Å². The number of rotatable bonds is 12. The molecule has 14 rings (SSSR count). The van der Waals surface area contributed by atoms with Gasteiger partial charge in [-0.2, -0.15) is 0 Å². The van der Waals surface area contributed by atoms with Gasteiger partial charge < -0.3 is 19.6 Å². The molecule has 0 aliphatic heterocycles. The number of hydrogen-bond acceptors (Lipinski definition) is 4. The van der Waals surface area contributed by atoms with Gasteiger partial charge in [-0.05, 0) is 245 Å². The molecule has 0 amide bonds. The predicted molar refractivity (Wildman–Crippen MR) is 359 cm³/mol. The van der Waals surface area contributed by atoms with E-state index in [2.05, 4.69) is 342 Å². The lowest BCUT2D eigenvalue weighted by molar-refractivity contribution is 0.793. The van der Waals surface area contributed by atoms with Gasteiger partial charge in [0, 0.05) is 68.2 Å². The number of aryl methyl sites for hydroxylation is 8. The Kier molecular flexibility index (Phi) is 13.2. The molecular formula is C81H68N4. The topological polar surface area (TPSA) is 13.0 Å². The highest BCUT2D eigenvalue weighted by molar-refractivity contribution is 6.00. The average Bonchev–Trinajstić information content (AvgIpc) is 1.63. The molecule has 0 radical (unpaired) electrons. The molecule has 12 aromatic rings. The van der Waals surface area contributed by atoms with Crippen molar-refractivity contribution < 1.29 is 0 Å². The van der Waals surface area contributed by atoms with Crippen LogP contribution in [0.15, 0.2) is 267 Å². The maximum atomic E-state index is 2.53. The molecular weight excluding hydrogens is 1030 g/mol. The van der Waals surface area contributed by atoms with Crippen molar-refractivity contribution in [2.45, 2.75) is 60.8 Å². The Bertz CT molecular complexity index is 3680. The summed E-state index contributed by atoms with van der Waals surface area (Å²) < 4.78 is 0. The molecule has 4 nitrogen and oxygen atoms in total. The van der Waals surface area contributed by atoms with Gasteiger partial charge in [0.05, 0.1) is 5.41 Å². The average molecular weight is 1100 g/mol. The smallest absolute Gasteiger partial charge is 0.0728 e. The minimum atomic E-state index is -0.843. The van der Waals surface area contributed by atoms with E-state index < -0.39 is 5.41 Å². The monoisotopic (exact) mass is 1100 g/mol. The van der Waals surface area contributed by atoms with Crippen LogP contribution in [-0.2, 0) is 5.41 Å². The van der Waals surface area contributed by atoms with Crippen molar-refractivity contribution in [3.8, 4) is 22.3 Å². The summed E-state index contributed by atoms with van der Waals surface area (Å²) in [6.45, 7) is 17.3. The third-order valence-corrected chi connectivity index (χ3v) is 17.6. The number of hydrogen-bond donors (Lipinski definition) is 0. The zero-order chi connectivity index (χ0) is 58.1. The first-order chi connectivity index (χ1) is 41.4. The van der Waals surface area contributed by atoms with Crippen LogP contribution in [0, 0.1) is 55.4 Å². The molecule has 0 heterocycles. The molecule has 2 aliphatic rings. The SMILES string of the molecule is Cc1ccc(N(c2ccc(C)cc2)c2ccc3c(c2)C2(c4cc(N(c5ccc(C)cc5)c5ccc(C)cc5)ccc4-3)c3cc(N(c4ccc(C)cc4)c4ccc(C)cc4)ccc3-c3ccc(N(c4ccc(C)cc4)c4ccc(C)cc4)cc32)cc1. The van der Waals surface area contributed by atoms with Crippen molar-refractivity contribution in [2.75, 3.05) is 19.6 Å². The highest BCUT2D eigenvalue weighted by Crippen LogP contribution is 2.65. The normalized spacial score (nSPS) is 12.3. The summed E-state index contributed by atoms with van der Waals surface area (Å²) in [5, 5.41) is 0. The lowest BCUT2D eigenvalue weighted by Crippen LogP contribution is -2.27. The van der Waals surface area contributed by atoms with Crippen molar-refractivity contribution >= 4 is 68.2 Å². The highest BCUT2D eigenvalue weighted by atomic mass is 15.2. The molecule has 12 aromatic carbocycles. The standard InChI is InChI=1S/C81H68N4/c1-53-9-25-61(26-10-53)82(62-27-11-54(2)12-28-62)69-41-45-73-74-46-42-70(83(63-29-13-55(3)14-30-63)64-31-15-56(4)16-32-64)50-78(74)81(77(73)49-69)79-51-71(84(65-33-17-57(5)18-34-65)66-35-19-58(6)20-36-66)43-47-75(79)76-48-44-72(52-80(76)81)85(67-37-21-59(7)22-38-67)68-39-23-60(8)24-40-68/h9-52H,1-8H3. The maximum absolute atomic E-state index is 2.53. The van der Waals surface area contributed by atoms with Gasteiger partial charge in [-0.1, -0.05) is 166 Å². The molecule has 0 saturated heterocycles. The van der Waals surface area contributed by atoms with E-state index in [1.54, 1.807) is 0 Å². The number of benzene rings is 12. The minimum Gasteiger partial charge on any atom is -0.310 e. The van der Waals surface area contributed by atoms with Crippen LogP contribution < -0.4 is 19.6 Å². The van der Waals surface area contributed by atoms with Crippen LogP contribution in [0.25, 0.3) is 22.3 Å². The number of nitrogens with zero attached hydrogens (tertiary/aromatic N) is 4. The third kappa shape index (κ3) is 9.35. The lowest BCUT2D eigenvalue weighted by atomic mass is 9.70. The van der Waals surface area contributed by atoms with Gasteiger partial charge in [0.25, 0.3) is 0 Å². The van der Waals surface area contributed by atoms with E-state index in [4.69, 9.17) is 0 Å². The van der Waals surface area contributed by atoms with Gasteiger partial charge >= 0.3 is 0 Å². The van der Waals surface area contributed by atoms with Crippen molar-refractivity contribution in [3.63, 3.8) is 0 Å². The number of fused-ring (bicyclic) bond motifs is 10. The molecule has 0 fully saturated rings. The quantitative estimate of drug-likeness (QED) is 0.121. The van der Waals surface area contributed by atoms with Crippen molar-refractivity contribution in [3.05, 3.63) is 334 Å². The summed E-state index contributed by atoms with van der Waals surface area (Å²) in [7, 11) is 0. The number of anilines is 12. The zero-order valence-corrected chi connectivity index (χ0v) is 49.7. The van der Waals surface area contributed by atoms with Gasteiger partial charge in [0.1, 0.15) is 0 Å². The summed E-state index contributed by atoms with van der Waals surface area (Å²) in [4.78, 5) is 9.76. The molecule has 0 bridgehead atoms. The summed E-state index contributed by atoms with van der Waals surface area (Å²) in [6, 6.07) is 101. The van der Waals surface area contributed by atoms with Crippen LogP contribution in [0.4, 0.5) is 68.2 Å². The summed E-state index contributed by atoms with van der Waals surface area (Å²) in [5.74, 6) is 0. The molecule has 1 spiro atoms. The Labute approximate surface area is 501 Å². The predicted octanol–water partition coefficient (Wildman–Crippen LogP) is 22.4. The first-order valence-electron chi connectivity index (χ1n) is 29.7. The second-order valence-electron chi connectivity index (χ2n) is 23.7. The molecule has 412 valence electrons. The van der Waals surface area contributed by atoms with Crippen LogP contribution in [0.2, 0.25) is 0 Å². The molecule has 0 atom stereocenters. The summed E-state index contributed by atoms with van der Waals surface area (Å²) >= 11 is 0. The van der Waals surface area contributed by atoms with Gasteiger partial charge in [0.2, 0.25) is 0 Å². The van der Waals surface area contributed by atoms with Crippen LogP contribution in [0.1, 0.15) is 66.8 Å². The molecule has 0 aromatic heterocycles. The lowest BCUT2D eigenvalue weighted by Gasteiger charge is -2.35. The Hall–Kier alpha value is -10.2. The molecule has 0 saturated carbocycles.